The Balaban J connectivity index is 3.11. The second-order valence-electron chi connectivity index (χ2n) is 5.33. The van der Waals surface area contributed by atoms with Gasteiger partial charge < -0.3 is 9.47 Å². The van der Waals surface area contributed by atoms with Crippen molar-refractivity contribution in [1.82, 2.24) is 0 Å². The molecule has 102 valence electrons. The van der Waals surface area contributed by atoms with E-state index in [1.165, 1.54) is 6.92 Å². The Kier molecular flexibility index (Phi) is 3.84. The highest BCUT2D eigenvalue weighted by Crippen LogP contribution is 2.44. The van der Waals surface area contributed by atoms with Crippen LogP contribution >= 0.6 is 0 Å². The van der Waals surface area contributed by atoms with Gasteiger partial charge in [-0.25, -0.2) is 0 Å². The largest absolute Gasteiger partial charge is 0.464 e. The lowest BCUT2D eigenvalue weighted by molar-refractivity contribution is -0.167. The zero-order valence-electron chi connectivity index (χ0n) is 11.5. The molecule has 0 unspecified atom stereocenters. The summed E-state index contributed by atoms with van der Waals surface area (Å²) in [6, 6.07) is 0. The van der Waals surface area contributed by atoms with Gasteiger partial charge in [0.2, 0.25) is 0 Å². The van der Waals surface area contributed by atoms with Crippen molar-refractivity contribution in [1.29, 1.82) is 0 Å². The second-order valence-corrected chi connectivity index (χ2v) is 5.33. The number of Topliss-reactive ketones (excluding diaryl/α,β-unsaturated/α-hetero) is 1. The van der Waals surface area contributed by atoms with Crippen molar-refractivity contribution in [3.8, 4) is 0 Å². The molecule has 0 spiro atoms. The first-order chi connectivity index (χ1) is 8.16. The standard InChI is InChI=1S/C13H20O5/c1-6-10(15)13(5)9(7-17-11(13)16)12(3,4)18-8(2)14/h9H,6-7H2,1-5H3/t9-,13-/m1/s1. The Morgan fingerprint density at radius 1 is 1.50 bits per heavy atom. The van der Waals surface area contributed by atoms with E-state index in [4.69, 9.17) is 9.47 Å². The minimum atomic E-state index is -1.23. The van der Waals surface area contributed by atoms with Crippen molar-refractivity contribution in [2.75, 3.05) is 6.61 Å². The highest BCUT2D eigenvalue weighted by atomic mass is 16.6. The Hall–Kier alpha value is -1.39. The van der Waals surface area contributed by atoms with Gasteiger partial charge in [-0.2, -0.15) is 0 Å². The third-order valence-electron chi connectivity index (χ3n) is 3.65. The van der Waals surface area contributed by atoms with Crippen molar-refractivity contribution in [3.05, 3.63) is 0 Å². The molecule has 0 aromatic heterocycles. The van der Waals surface area contributed by atoms with Gasteiger partial charge in [-0.15, -0.1) is 0 Å². The van der Waals surface area contributed by atoms with E-state index in [1.807, 2.05) is 0 Å². The smallest absolute Gasteiger partial charge is 0.319 e. The van der Waals surface area contributed by atoms with E-state index < -0.39 is 28.9 Å². The van der Waals surface area contributed by atoms with E-state index in [1.54, 1.807) is 27.7 Å². The summed E-state index contributed by atoms with van der Waals surface area (Å²) in [6.07, 6.45) is 0.248. The first-order valence-electron chi connectivity index (χ1n) is 6.06. The zero-order valence-corrected chi connectivity index (χ0v) is 11.5. The van der Waals surface area contributed by atoms with E-state index in [2.05, 4.69) is 0 Å². The average molecular weight is 256 g/mol. The Bertz CT molecular complexity index is 385. The lowest BCUT2D eigenvalue weighted by atomic mass is 9.68. The van der Waals surface area contributed by atoms with Crippen LogP contribution in [0.25, 0.3) is 0 Å². The molecule has 1 rings (SSSR count). The SMILES string of the molecule is CCC(=O)[C@]1(C)C(=O)OC[C@@H]1C(C)(C)OC(C)=O. The Morgan fingerprint density at radius 2 is 2.06 bits per heavy atom. The molecule has 0 aromatic rings. The minimum absolute atomic E-state index is 0.0986. The highest BCUT2D eigenvalue weighted by molar-refractivity contribution is 6.04. The van der Waals surface area contributed by atoms with Crippen LogP contribution in [0.1, 0.15) is 41.0 Å². The zero-order chi connectivity index (χ0) is 14.1. The van der Waals surface area contributed by atoms with Gasteiger partial charge in [-0.1, -0.05) is 6.92 Å². The Morgan fingerprint density at radius 3 is 2.50 bits per heavy atom. The summed E-state index contributed by atoms with van der Waals surface area (Å²) in [4.78, 5) is 35.0. The van der Waals surface area contributed by atoms with Crippen LogP contribution in [-0.4, -0.2) is 29.9 Å². The molecule has 1 fully saturated rings. The predicted molar refractivity (Wildman–Crippen MR) is 63.7 cm³/mol. The number of rotatable bonds is 4. The topological polar surface area (TPSA) is 69.7 Å². The van der Waals surface area contributed by atoms with Crippen molar-refractivity contribution in [2.45, 2.75) is 46.6 Å². The molecule has 1 aliphatic rings. The van der Waals surface area contributed by atoms with E-state index in [0.29, 0.717) is 0 Å². The third-order valence-corrected chi connectivity index (χ3v) is 3.65. The van der Waals surface area contributed by atoms with Crippen LogP contribution in [0.4, 0.5) is 0 Å². The van der Waals surface area contributed by atoms with Crippen LogP contribution in [0.5, 0.6) is 0 Å². The van der Waals surface area contributed by atoms with E-state index in [-0.39, 0.29) is 18.8 Å². The number of cyclic esters (lactones) is 1. The van der Waals surface area contributed by atoms with Crippen molar-refractivity contribution in [3.63, 3.8) is 0 Å². The summed E-state index contributed by atoms with van der Waals surface area (Å²) < 4.78 is 10.3. The molecule has 0 aromatic carbocycles. The first-order valence-corrected chi connectivity index (χ1v) is 6.06. The summed E-state index contributed by atoms with van der Waals surface area (Å²) in [7, 11) is 0. The number of ketones is 1. The molecule has 1 aliphatic heterocycles. The fourth-order valence-corrected chi connectivity index (χ4v) is 2.63. The van der Waals surface area contributed by atoms with Gasteiger partial charge in [0.05, 0.1) is 12.5 Å². The highest BCUT2D eigenvalue weighted by Gasteiger charge is 2.59. The van der Waals surface area contributed by atoms with Gasteiger partial charge >= 0.3 is 11.9 Å². The van der Waals surface area contributed by atoms with Gasteiger partial charge in [0.25, 0.3) is 0 Å². The maximum atomic E-state index is 12.0. The predicted octanol–water partition coefficient (Wildman–Crippen LogP) is 1.49. The van der Waals surface area contributed by atoms with Crippen LogP contribution < -0.4 is 0 Å². The minimum Gasteiger partial charge on any atom is -0.464 e. The molecule has 1 heterocycles. The summed E-state index contributed by atoms with van der Waals surface area (Å²) in [5.41, 5.74) is -2.15. The van der Waals surface area contributed by atoms with Gasteiger partial charge in [-0.05, 0) is 20.8 Å². The summed E-state index contributed by atoms with van der Waals surface area (Å²) in [6.45, 7) is 8.07. The van der Waals surface area contributed by atoms with Crippen LogP contribution in [-0.2, 0) is 23.9 Å². The van der Waals surface area contributed by atoms with E-state index in [0.717, 1.165) is 0 Å². The lowest BCUT2D eigenvalue weighted by Gasteiger charge is -2.36. The number of carbonyl (C=O) groups is 3. The monoisotopic (exact) mass is 256 g/mol. The lowest BCUT2D eigenvalue weighted by Crippen LogP contribution is -2.49. The van der Waals surface area contributed by atoms with E-state index in [9.17, 15) is 14.4 Å². The molecule has 0 bridgehead atoms. The molecule has 0 radical (unpaired) electrons. The number of hydrogen-bond donors (Lipinski definition) is 0. The normalized spacial score (nSPS) is 27.8. The van der Waals surface area contributed by atoms with Crippen LogP contribution in [0.2, 0.25) is 0 Å². The molecule has 0 saturated carbocycles. The molecule has 0 amide bonds. The second kappa shape index (κ2) is 4.71. The summed E-state index contributed by atoms with van der Waals surface area (Å²) in [5.74, 6) is -1.62. The molecule has 5 heteroatoms. The van der Waals surface area contributed by atoms with E-state index >= 15 is 0 Å². The summed E-state index contributed by atoms with van der Waals surface area (Å²) in [5, 5.41) is 0. The molecule has 5 nitrogen and oxygen atoms in total. The number of carbonyl (C=O) groups excluding carboxylic acids is 3. The number of hydrogen-bond acceptors (Lipinski definition) is 5. The maximum Gasteiger partial charge on any atom is 0.319 e. The summed E-state index contributed by atoms with van der Waals surface area (Å²) >= 11 is 0. The van der Waals surface area contributed by atoms with Crippen LogP contribution in [0.3, 0.4) is 0 Å². The molecule has 0 aliphatic carbocycles. The third kappa shape index (κ3) is 2.26. The maximum absolute atomic E-state index is 12.0. The Labute approximate surface area is 107 Å². The first kappa shape index (κ1) is 14.7. The van der Waals surface area contributed by atoms with Gasteiger partial charge in [-0.3, -0.25) is 14.4 Å². The molecule has 18 heavy (non-hydrogen) atoms. The molecule has 0 N–H and O–H groups in total. The molecule has 2 atom stereocenters. The average Bonchev–Trinajstić information content (AvgIpc) is 2.54. The fraction of sp³-hybridized carbons (Fsp3) is 0.769. The van der Waals surface area contributed by atoms with Crippen molar-refractivity contribution in [2.24, 2.45) is 11.3 Å². The van der Waals surface area contributed by atoms with Crippen LogP contribution in [0.15, 0.2) is 0 Å². The van der Waals surface area contributed by atoms with Crippen molar-refractivity contribution < 1.29 is 23.9 Å². The molecular formula is C13H20O5. The molecular weight excluding hydrogens is 236 g/mol. The van der Waals surface area contributed by atoms with Gasteiger partial charge in [0.1, 0.15) is 16.8 Å². The van der Waals surface area contributed by atoms with Gasteiger partial charge in [0, 0.05) is 13.3 Å². The number of ether oxygens (including phenoxy) is 2. The number of esters is 2. The fourth-order valence-electron chi connectivity index (χ4n) is 2.63. The molecule has 1 saturated heterocycles. The van der Waals surface area contributed by atoms with Crippen molar-refractivity contribution >= 4 is 17.7 Å². The quantitative estimate of drug-likeness (QED) is 0.563. The van der Waals surface area contributed by atoms with Gasteiger partial charge in [0.15, 0.2) is 0 Å². The van der Waals surface area contributed by atoms with Crippen LogP contribution in [0, 0.1) is 11.3 Å².